The summed E-state index contributed by atoms with van der Waals surface area (Å²) in [5.74, 6) is 1.48. The van der Waals surface area contributed by atoms with E-state index in [1.807, 2.05) is 46.5 Å². The molecule has 2 amide bonds. The lowest BCUT2D eigenvalue weighted by Crippen LogP contribution is -2.39. The van der Waals surface area contributed by atoms with E-state index in [4.69, 9.17) is 0 Å². The summed E-state index contributed by atoms with van der Waals surface area (Å²) in [6.45, 7) is 4.68. The molecule has 1 aromatic carbocycles. The van der Waals surface area contributed by atoms with Crippen LogP contribution < -0.4 is 0 Å². The van der Waals surface area contributed by atoms with Gasteiger partial charge in [-0.2, -0.15) is 0 Å². The number of fused-ring (bicyclic) bond motifs is 1. The van der Waals surface area contributed by atoms with E-state index in [9.17, 15) is 9.59 Å². The van der Waals surface area contributed by atoms with Crippen molar-refractivity contribution in [2.24, 2.45) is 13.0 Å². The summed E-state index contributed by atoms with van der Waals surface area (Å²) in [7, 11) is 1.98. The molecule has 6 heteroatoms. The number of hydrogen-bond donors (Lipinski definition) is 0. The van der Waals surface area contributed by atoms with Gasteiger partial charge in [0.2, 0.25) is 5.91 Å². The predicted octanol–water partition coefficient (Wildman–Crippen LogP) is 2.75. The number of aromatic nitrogens is 2. The molecule has 0 radical (unpaired) electrons. The number of aryl methyl sites for hydroxylation is 2. The highest BCUT2D eigenvalue weighted by atomic mass is 16.2. The Hall–Kier alpha value is -2.37. The number of benzene rings is 1. The number of rotatable bonds is 2. The monoisotopic (exact) mass is 368 g/mol. The Morgan fingerprint density at radius 2 is 1.70 bits per heavy atom. The molecule has 0 unspecified atom stereocenters. The summed E-state index contributed by atoms with van der Waals surface area (Å²) in [5.41, 5.74) is 2.57. The predicted molar refractivity (Wildman–Crippen MR) is 105 cm³/mol. The van der Waals surface area contributed by atoms with Crippen molar-refractivity contribution in [1.82, 2.24) is 19.4 Å². The van der Waals surface area contributed by atoms with Gasteiger partial charge in [-0.15, -0.1) is 0 Å². The molecule has 1 aliphatic heterocycles. The average molecular weight is 368 g/mol. The third-order valence-corrected chi connectivity index (χ3v) is 6.15. The van der Waals surface area contributed by atoms with E-state index in [0.717, 1.165) is 42.7 Å². The molecule has 2 heterocycles. The number of hydrogen-bond acceptors (Lipinski definition) is 3. The van der Waals surface area contributed by atoms with Crippen molar-refractivity contribution in [3.63, 3.8) is 0 Å². The smallest absolute Gasteiger partial charge is 0.253 e. The third kappa shape index (κ3) is 3.45. The molecule has 2 fully saturated rings. The number of imidazole rings is 1. The van der Waals surface area contributed by atoms with Crippen LogP contribution in [0.2, 0.25) is 0 Å². The summed E-state index contributed by atoms with van der Waals surface area (Å²) in [4.78, 5) is 34.1. The molecule has 1 saturated carbocycles. The molecule has 144 valence electrons. The molecule has 1 aliphatic carbocycles. The largest absolute Gasteiger partial charge is 0.341 e. The van der Waals surface area contributed by atoms with E-state index in [2.05, 4.69) is 4.98 Å². The Bertz CT molecular complexity index is 866. The van der Waals surface area contributed by atoms with Crippen LogP contribution in [-0.2, 0) is 11.8 Å². The standard InChI is InChI=1S/C21H28N4O2/c1-15-22-18-14-17(8-9-19(18)23(15)2)21(27)25-11-5-10-24(12-13-25)20(26)16-6-3-4-7-16/h8-9,14,16H,3-7,10-13H2,1-2H3. The minimum absolute atomic E-state index is 0.0374. The quantitative estimate of drug-likeness (QED) is 0.819. The first kappa shape index (κ1) is 18.0. The molecule has 6 nitrogen and oxygen atoms in total. The van der Waals surface area contributed by atoms with Gasteiger partial charge in [-0.05, 0) is 44.4 Å². The fraction of sp³-hybridized carbons (Fsp3) is 0.571. The Balaban J connectivity index is 1.45. The molecule has 0 bridgehead atoms. The zero-order chi connectivity index (χ0) is 19.0. The minimum Gasteiger partial charge on any atom is -0.341 e. The summed E-state index contributed by atoms with van der Waals surface area (Å²) in [6, 6.07) is 5.74. The second-order valence-electron chi connectivity index (χ2n) is 7.87. The molecular formula is C21H28N4O2. The first-order chi connectivity index (χ1) is 13.0. The average Bonchev–Trinajstić information content (AvgIpc) is 3.22. The molecule has 1 saturated heterocycles. The lowest BCUT2D eigenvalue weighted by atomic mass is 10.1. The van der Waals surface area contributed by atoms with Crippen LogP contribution in [0.3, 0.4) is 0 Å². The second kappa shape index (κ2) is 7.33. The van der Waals surface area contributed by atoms with E-state index in [-0.39, 0.29) is 11.8 Å². The van der Waals surface area contributed by atoms with E-state index < -0.39 is 0 Å². The van der Waals surface area contributed by atoms with Crippen molar-refractivity contribution in [2.45, 2.75) is 39.0 Å². The molecule has 1 aromatic heterocycles. The highest BCUT2D eigenvalue weighted by Gasteiger charge is 2.29. The molecular weight excluding hydrogens is 340 g/mol. The van der Waals surface area contributed by atoms with Crippen LogP contribution in [0.15, 0.2) is 18.2 Å². The lowest BCUT2D eigenvalue weighted by Gasteiger charge is -2.24. The van der Waals surface area contributed by atoms with Gasteiger partial charge < -0.3 is 14.4 Å². The summed E-state index contributed by atoms with van der Waals surface area (Å²) in [5, 5.41) is 0. The van der Waals surface area contributed by atoms with Crippen molar-refractivity contribution in [3.8, 4) is 0 Å². The van der Waals surface area contributed by atoms with E-state index in [1.54, 1.807) is 0 Å². The van der Waals surface area contributed by atoms with Crippen LogP contribution in [0.1, 0.15) is 48.3 Å². The maximum absolute atomic E-state index is 13.0. The normalized spacial score (nSPS) is 18.9. The van der Waals surface area contributed by atoms with Crippen molar-refractivity contribution in [3.05, 3.63) is 29.6 Å². The highest BCUT2D eigenvalue weighted by Crippen LogP contribution is 2.27. The summed E-state index contributed by atoms with van der Waals surface area (Å²) >= 11 is 0. The Morgan fingerprint density at radius 1 is 1.00 bits per heavy atom. The van der Waals surface area contributed by atoms with Crippen molar-refractivity contribution in [1.29, 1.82) is 0 Å². The second-order valence-corrected chi connectivity index (χ2v) is 7.87. The number of carbonyl (C=O) groups excluding carboxylic acids is 2. The van der Waals surface area contributed by atoms with Crippen LogP contribution in [0, 0.1) is 12.8 Å². The molecule has 0 N–H and O–H groups in total. The van der Waals surface area contributed by atoms with Gasteiger partial charge in [-0.25, -0.2) is 4.98 Å². The van der Waals surface area contributed by atoms with Gasteiger partial charge in [0, 0.05) is 44.7 Å². The summed E-state index contributed by atoms with van der Waals surface area (Å²) < 4.78 is 2.03. The number of amides is 2. The number of carbonyl (C=O) groups is 2. The van der Waals surface area contributed by atoms with Gasteiger partial charge in [0.1, 0.15) is 5.82 Å². The molecule has 0 atom stereocenters. The van der Waals surface area contributed by atoms with Gasteiger partial charge in [0.05, 0.1) is 11.0 Å². The highest BCUT2D eigenvalue weighted by molar-refractivity contribution is 5.97. The molecule has 0 spiro atoms. The maximum Gasteiger partial charge on any atom is 0.253 e. The lowest BCUT2D eigenvalue weighted by molar-refractivity contribution is -0.135. The maximum atomic E-state index is 13.0. The van der Waals surface area contributed by atoms with Crippen molar-refractivity contribution in [2.75, 3.05) is 26.2 Å². The molecule has 27 heavy (non-hydrogen) atoms. The zero-order valence-corrected chi connectivity index (χ0v) is 16.3. The van der Waals surface area contributed by atoms with Crippen LogP contribution >= 0.6 is 0 Å². The van der Waals surface area contributed by atoms with Gasteiger partial charge in [-0.1, -0.05) is 12.8 Å². The third-order valence-electron chi connectivity index (χ3n) is 6.15. The SMILES string of the molecule is Cc1nc2cc(C(=O)N3CCCN(C(=O)C4CCCC4)CC3)ccc2n1C. The van der Waals surface area contributed by atoms with Gasteiger partial charge in [-0.3, -0.25) is 9.59 Å². The van der Waals surface area contributed by atoms with E-state index >= 15 is 0 Å². The molecule has 2 aliphatic rings. The van der Waals surface area contributed by atoms with Crippen LogP contribution in [-0.4, -0.2) is 57.3 Å². The topological polar surface area (TPSA) is 58.4 Å². The fourth-order valence-electron chi connectivity index (χ4n) is 4.41. The Kier molecular flexibility index (Phi) is 4.89. The molecule has 4 rings (SSSR count). The van der Waals surface area contributed by atoms with E-state index in [0.29, 0.717) is 31.1 Å². The zero-order valence-electron chi connectivity index (χ0n) is 16.3. The minimum atomic E-state index is 0.0374. The summed E-state index contributed by atoms with van der Waals surface area (Å²) in [6.07, 6.45) is 5.24. The number of nitrogens with zero attached hydrogens (tertiary/aromatic N) is 4. The van der Waals surface area contributed by atoms with Crippen molar-refractivity contribution >= 4 is 22.8 Å². The van der Waals surface area contributed by atoms with Gasteiger partial charge >= 0.3 is 0 Å². The van der Waals surface area contributed by atoms with Crippen molar-refractivity contribution < 1.29 is 9.59 Å². The first-order valence-corrected chi connectivity index (χ1v) is 10.1. The first-order valence-electron chi connectivity index (χ1n) is 10.1. The fourth-order valence-corrected chi connectivity index (χ4v) is 4.41. The van der Waals surface area contributed by atoms with Crippen LogP contribution in [0.5, 0.6) is 0 Å². The Morgan fingerprint density at radius 3 is 2.48 bits per heavy atom. The van der Waals surface area contributed by atoms with Gasteiger partial charge in [0.15, 0.2) is 0 Å². The van der Waals surface area contributed by atoms with Crippen LogP contribution in [0.25, 0.3) is 11.0 Å². The Labute approximate surface area is 160 Å². The van der Waals surface area contributed by atoms with Gasteiger partial charge in [0.25, 0.3) is 5.91 Å². The van der Waals surface area contributed by atoms with E-state index in [1.165, 1.54) is 12.8 Å². The molecule has 2 aromatic rings. The van der Waals surface area contributed by atoms with Crippen LogP contribution in [0.4, 0.5) is 0 Å².